The first-order chi connectivity index (χ1) is 11.5. The van der Waals surface area contributed by atoms with Gasteiger partial charge in [0.1, 0.15) is 0 Å². The van der Waals surface area contributed by atoms with Gasteiger partial charge in [-0.25, -0.2) is 0 Å². The van der Waals surface area contributed by atoms with Gasteiger partial charge in [-0.15, -0.1) is 0 Å². The van der Waals surface area contributed by atoms with Crippen LogP contribution in [0.3, 0.4) is 0 Å². The molecule has 128 valence electrons. The second-order valence-electron chi connectivity index (χ2n) is 5.91. The van der Waals surface area contributed by atoms with Crippen molar-refractivity contribution in [3.8, 4) is 0 Å². The van der Waals surface area contributed by atoms with Crippen molar-refractivity contribution in [3.05, 3.63) is 33.8 Å². The Kier molecular flexibility index (Phi) is 5.37. The topological polar surface area (TPSA) is 66.5 Å². The average molecular weight is 387 g/mol. The molecule has 2 fully saturated rings. The Morgan fingerprint density at radius 1 is 1.12 bits per heavy atom. The normalized spacial score (nSPS) is 24.3. The molecule has 1 aliphatic carbocycles. The number of hydrogen-bond acceptors (Lipinski definition) is 4. The van der Waals surface area contributed by atoms with E-state index in [9.17, 15) is 14.4 Å². The molecular formula is C16H16Cl2N2O3S. The molecule has 8 heteroatoms. The Bertz CT molecular complexity index is 662. The molecule has 1 saturated heterocycles. The van der Waals surface area contributed by atoms with Crippen molar-refractivity contribution in [2.24, 2.45) is 0 Å². The van der Waals surface area contributed by atoms with Crippen LogP contribution in [0.4, 0.5) is 4.79 Å². The summed E-state index contributed by atoms with van der Waals surface area (Å²) in [5.41, 5.74) is 0.366. The predicted molar refractivity (Wildman–Crippen MR) is 94.7 cm³/mol. The number of amides is 3. The number of nitrogens with one attached hydrogen (secondary N) is 1. The third-order valence-electron chi connectivity index (χ3n) is 4.29. The van der Waals surface area contributed by atoms with Crippen LogP contribution in [0, 0.1) is 0 Å². The summed E-state index contributed by atoms with van der Waals surface area (Å²) in [6.45, 7) is 0. The number of rotatable bonds is 3. The monoisotopic (exact) mass is 386 g/mol. The van der Waals surface area contributed by atoms with Crippen molar-refractivity contribution in [2.75, 3.05) is 5.75 Å². The summed E-state index contributed by atoms with van der Waals surface area (Å²) in [5, 5.41) is 3.49. The second-order valence-corrected chi connectivity index (χ2v) is 7.71. The van der Waals surface area contributed by atoms with Crippen molar-refractivity contribution < 1.29 is 14.4 Å². The zero-order chi connectivity index (χ0) is 17.3. The van der Waals surface area contributed by atoms with E-state index in [-0.39, 0.29) is 34.9 Å². The van der Waals surface area contributed by atoms with E-state index in [1.165, 1.54) is 4.90 Å². The predicted octanol–water partition coefficient (Wildman–Crippen LogP) is 3.73. The van der Waals surface area contributed by atoms with Gasteiger partial charge >= 0.3 is 0 Å². The fourth-order valence-electron chi connectivity index (χ4n) is 3.21. The van der Waals surface area contributed by atoms with Crippen molar-refractivity contribution in [1.29, 1.82) is 0 Å². The highest BCUT2D eigenvalue weighted by atomic mass is 35.5. The Morgan fingerprint density at radius 3 is 2.42 bits per heavy atom. The van der Waals surface area contributed by atoms with Gasteiger partial charge in [0.2, 0.25) is 5.91 Å². The minimum atomic E-state index is -0.303. The zero-order valence-electron chi connectivity index (χ0n) is 12.8. The van der Waals surface area contributed by atoms with E-state index in [2.05, 4.69) is 5.32 Å². The first-order valence-electron chi connectivity index (χ1n) is 7.71. The molecule has 24 heavy (non-hydrogen) atoms. The number of hydrogen-bond donors (Lipinski definition) is 1. The summed E-state index contributed by atoms with van der Waals surface area (Å²) in [7, 11) is 0. The van der Waals surface area contributed by atoms with Gasteiger partial charge in [0.25, 0.3) is 11.1 Å². The number of carbonyl (C=O) groups excluding carboxylic acids is 3. The molecule has 2 atom stereocenters. The van der Waals surface area contributed by atoms with Crippen LogP contribution in [0.25, 0.3) is 0 Å². The van der Waals surface area contributed by atoms with E-state index in [1.54, 1.807) is 18.2 Å². The maximum absolute atomic E-state index is 12.5. The summed E-state index contributed by atoms with van der Waals surface area (Å²) in [4.78, 5) is 37.8. The first kappa shape index (κ1) is 17.6. The molecule has 2 aliphatic rings. The maximum Gasteiger partial charge on any atom is 0.289 e. The van der Waals surface area contributed by atoms with Gasteiger partial charge in [-0.2, -0.15) is 0 Å². The highest BCUT2D eigenvalue weighted by Crippen LogP contribution is 2.30. The molecule has 0 bridgehead atoms. The van der Waals surface area contributed by atoms with Crippen LogP contribution in [0.1, 0.15) is 36.0 Å². The summed E-state index contributed by atoms with van der Waals surface area (Å²) in [6.07, 6.45) is 3.31. The highest BCUT2D eigenvalue weighted by molar-refractivity contribution is 8.14. The lowest BCUT2D eigenvalue weighted by Gasteiger charge is -2.36. The molecule has 1 N–H and O–H groups in total. The maximum atomic E-state index is 12.5. The molecule has 3 rings (SSSR count). The van der Waals surface area contributed by atoms with E-state index in [1.807, 2.05) is 0 Å². The molecule has 2 unspecified atom stereocenters. The quantitative estimate of drug-likeness (QED) is 0.858. The largest absolute Gasteiger partial charge is 0.347 e. The minimum absolute atomic E-state index is 0.179. The van der Waals surface area contributed by atoms with Crippen LogP contribution < -0.4 is 5.32 Å². The molecule has 5 nitrogen and oxygen atoms in total. The van der Waals surface area contributed by atoms with E-state index < -0.39 is 0 Å². The van der Waals surface area contributed by atoms with Gasteiger partial charge in [0.05, 0.1) is 17.8 Å². The first-order valence-corrected chi connectivity index (χ1v) is 9.45. The molecule has 0 aromatic heterocycles. The number of benzene rings is 1. The molecule has 1 aromatic rings. The van der Waals surface area contributed by atoms with Crippen molar-refractivity contribution in [2.45, 2.75) is 37.8 Å². The van der Waals surface area contributed by atoms with Crippen LogP contribution >= 0.6 is 35.0 Å². The highest BCUT2D eigenvalue weighted by Gasteiger charge is 2.41. The van der Waals surface area contributed by atoms with Gasteiger partial charge in [-0.3, -0.25) is 19.3 Å². The second kappa shape index (κ2) is 7.33. The third kappa shape index (κ3) is 3.71. The summed E-state index contributed by atoms with van der Waals surface area (Å²) in [6, 6.07) is 4.11. The van der Waals surface area contributed by atoms with Gasteiger partial charge in [-0.1, -0.05) is 47.8 Å². The number of nitrogens with zero attached hydrogens (tertiary/aromatic N) is 1. The fourth-order valence-corrected chi connectivity index (χ4v) is 4.50. The van der Waals surface area contributed by atoms with E-state index in [4.69, 9.17) is 23.2 Å². The Morgan fingerprint density at radius 2 is 1.79 bits per heavy atom. The smallest absolute Gasteiger partial charge is 0.289 e. The third-order valence-corrected chi connectivity index (χ3v) is 5.56. The number of halogens is 2. The van der Waals surface area contributed by atoms with E-state index >= 15 is 0 Å². The molecule has 0 radical (unpaired) electrons. The van der Waals surface area contributed by atoms with Crippen LogP contribution in [0.5, 0.6) is 0 Å². The number of imide groups is 1. The molecule has 1 heterocycles. The van der Waals surface area contributed by atoms with Crippen molar-refractivity contribution >= 4 is 52.0 Å². The SMILES string of the molecule is O=C(NC1CCCCC1N1C(=O)CSC1=O)c1cc(Cl)cc(Cl)c1. The molecule has 1 aliphatic heterocycles. The fraction of sp³-hybridized carbons (Fsp3) is 0.438. The van der Waals surface area contributed by atoms with Gasteiger partial charge in [0, 0.05) is 15.6 Å². The lowest BCUT2D eigenvalue weighted by atomic mass is 9.89. The molecule has 0 spiro atoms. The Labute approximate surface area is 154 Å². The van der Waals surface area contributed by atoms with E-state index in [0.717, 1.165) is 31.0 Å². The molecule has 3 amide bonds. The number of thioether (sulfide) groups is 1. The summed E-state index contributed by atoms with van der Waals surface area (Å²) in [5.74, 6) is -0.301. The van der Waals surface area contributed by atoms with Crippen LogP contribution in [0.15, 0.2) is 18.2 Å². The standard InChI is InChI=1S/C16H16Cl2N2O3S/c17-10-5-9(6-11(18)7-10)15(22)19-12-3-1-2-4-13(12)20-14(21)8-24-16(20)23/h5-7,12-13H,1-4,8H2,(H,19,22). The van der Waals surface area contributed by atoms with Crippen molar-refractivity contribution in [3.63, 3.8) is 0 Å². The van der Waals surface area contributed by atoms with Gasteiger partial charge < -0.3 is 5.32 Å². The van der Waals surface area contributed by atoms with Crippen LogP contribution in [-0.4, -0.2) is 39.8 Å². The minimum Gasteiger partial charge on any atom is -0.347 e. The van der Waals surface area contributed by atoms with Crippen molar-refractivity contribution in [1.82, 2.24) is 10.2 Å². The molecule has 1 aromatic carbocycles. The zero-order valence-corrected chi connectivity index (χ0v) is 15.1. The Balaban J connectivity index is 1.77. The summed E-state index contributed by atoms with van der Waals surface area (Å²) < 4.78 is 0. The summed E-state index contributed by atoms with van der Waals surface area (Å²) >= 11 is 12.9. The lowest BCUT2D eigenvalue weighted by Crippen LogP contribution is -2.54. The molecular weight excluding hydrogens is 371 g/mol. The van der Waals surface area contributed by atoms with Gasteiger partial charge in [0.15, 0.2) is 0 Å². The number of carbonyl (C=O) groups is 3. The average Bonchev–Trinajstić information content (AvgIpc) is 2.86. The van der Waals surface area contributed by atoms with Crippen LogP contribution in [0.2, 0.25) is 10.0 Å². The van der Waals surface area contributed by atoms with Gasteiger partial charge in [-0.05, 0) is 31.0 Å². The lowest BCUT2D eigenvalue weighted by molar-refractivity contribution is -0.127. The molecule has 1 saturated carbocycles. The van der Waals surface area contributed by atoms with E-state index in [0.29, 0.717) is 22.0 Å². The van der Waals surface area contributed by atoms with Crippen LogP contribution in [-0.2, 0) is 4.79 Å². The Hall–Kier alpha value is -1.24.